The number of hydrogen-bond acceptors (Lipinski definition) is 10. The fourth-order valence-corrected chi connectivity index (χ4v) is 3.25. The molecule has 0 radical (unpaired) electrons. The van der Waals surface area contributed by atoms with Crippen LogP contribution in [0, 0.1) is 11.3 Å². The highest BCUT2D eigenvalue weighted by Crippen LogP contribution is 2.27. The van der Waals surface area contributed by atoms with Crippen LogP contribution in [0.25, 0.3) is 0 Å². The SMILES string of the molecule is C=CC(=O)OCCCCOc1ccc(C(=O)Oc2ccc(OC(=O)c3ccc(C#N)cc3)cc2C(=O)OC)cc1. The highest BCUT2D eigenvalue weighted by Gasteiger charge is 2.20. The van der Waals surface area contributed by atoms with Crippen LogP contribution in [0.5, 0.6) is 17.2 Å². The van der Waals surface area contributed by atoms with Gasteiger partial charge in [-0.1, -0.05) is 6.58 Å². The van der Waals surface area contributed by atoms with E-state index in [0.717, 1.165) is 13.2 Å². The lowest BCUT2D eigenvalue weighted by molar-refractivity contribution is -0.137. The van der Waals surface area contributed by atoms with Gasteiger partial charge in [0.15, 0.2) is 0 Å². The Morgan fingerprint density at radius 2 is 1.40 bits per heavy atom. The van der Waals surface area contributed by atoms with Gasteiger partial charge < -0.3 is 23.7 Å². The fourth-order valence-electron chi connectivity index (χ4n) is 3.25. The second-order valence-electron chi connectivity index (χ2n) is 8.07. The number of rotatable bonds is 12. The molecule has 204 valence electrons. The molecule has 0 aromatic heterocycles. The number of carbonyl (C=O) groups excluding carboxylic acids is 4. The van der Waals surface area contributed by atoms with Gasteiger partial charge in [0.25, 0.3) is 0 Å². The summed E-state index contributed by atoms with van der Waals surface area (Å²) in [4.78, 5) is 48.5. The third-order valence-electron chi connectivity index (χ3n) is 5.33. The second-order valence-corrected chi connectivity index (χ2v) is 8.07. The van der Waals surface area contributed by atoms with Gasteiger partial charge in [-0.2, -0.15) is 5.26 Å². The molecule has 40 heavy (non-hydrogen) atoms. The van der Waals surface area contributed by atoms with Crippen molar-refractivity contribution < 1.29 is 42.9 Å². The summed E-state index contributed by atoms with van der Waals surface area (Å²) in [6.07, 6.45) is 2.38. The summed E-state index contributed by atoms with van der Waals surface area (Å²) in [7, 11) is 1.16. The Morgan fingerprint density at radius 3 is 2.02 bits per heavy atom. The lowest BCUT2D eigenvalue weighted by Crippen LogP contribution is -2.13. The summed E-state index contributed by atoms with van der Waals surface area (Å²) in [6.45, 7) is 3.98. The molecule has 3 aromatic carbocycles. The Hall–Kier alpha value is -5.43. The Bertz CT molecular complexity index is 1420. The zero-order chi connectivity index (χ0) is 28.9. The summed E-state index contributed by atoms with van der Waals surface area (Å²) < 4.78 is 26.0. The molecular weight excluding hydrogens is 518 g/mol. The molecule has 0 bridgehead atoms. The van der Waals surface area contributed by atoms with Crippen LogP contribution in [-0.4, -0.2) is 44.2 Å². The summed E-state index contributed by atoms with van der Waals surface area (Å²) in [5.41, 5.74) is 0.671. The van der Waals surface area contributed by atoms with Crippen LogP contribution in [0.3, 0.4) is 0 Å². The topological polar surface area (TPSA) is 138 Å². The number of benzene rings is 3. The minimum Gasteiger partial charge on any atom is -0.494 e. The van der Waals surface area contributed by atoms with Crippen LogP contribution in [0.4, 0.5) is 0 Å². The third kappa shape index (κ3) is 8.29. The number of esters is 4. The normalized spacial score (nSPS) is 10.0. The molecule has 10 heteroatoms. The summed E-state index contributed by atoms with van der Waals surface area (Å²) in [5.74, 6) is -2.25. The number of methoxy groups -OCH3 is 1. The average Bonchev–Trinajstić information content (AvgIpc) is 2.99. The van der Waals surface area contributed by atoms with Gasteiger partial charge >= 0.3 is 23.9 Å². The van der Waals surface area contributed by atoms with E-state index >= 15 is 0 Å². The number of nitriles is 1. The Kier molecular flexibility index (Phi) is 10.6. The highest BCUT2D eigenvalue weighted by molar-refractivity contribution is 5.97. The van der Waals surface area contributed by atoms with Crippen molar-refractivity contribution >= 4 is 23.9 Å². The number of carbonyl (C=O) groups is 4. The van der Waals surface area contributed by atoms with Crippen molar-refractivity contribution in [2.45, 2.75) is 12.8 Å². The molecule has 0 saturated carbocycles. The smallest absolute Gasteiger partial charge is 0.343 e. The molecule has 3 rings (SSSR count). The van der Waals surface area contributed by atoms with Gasteiger partial charge in [-0.05, 0) is 79.6 Å². The molecular formula is C30H25NO9. The van der Waals surface area contributed by atoms with E-state index in [-0.39, 0.29) is 34.8 Å². The number of unbranched alkanes of at least 4 members (excludes halogenated alkanes) is 1. The van der Waals surface area contributed by atoms with Crippen molar-refractivity contribution in [3.8, 4) is 23.3 Å². The van der Waals surface area contributed by atoms with Crippen molar-refractivity contribution in [1.29, 1.82) is 5.26 Å². The average molecular weight is 544 g/mol. The van der Waals surface area contributed by atoms with Crippen molar-refractivity contribution in [3.05, 3.63) is 102 Å². The van der Waals surface area contributed by atoms with E-state index in [1.54, 1.807) is 12.1 Å². The van der Waals surface area contributed by atoms with Crippen molar-refractivity contribution in [1.82, 2.24) is 0 Å². The molecule has 0 atom stereocenters. The van der Waals surface area contributed by atoms with Crippen molar-refractivity contribution in [2.75, 3.05) is 20.3 Å². The lowest BCUT2D eigenvalue weighted by atomic mass is 10.1. The molecule has 0 amide bonds. The van der Waals surface area contributed by atoms with Gasteiger partial charge in [0, 0.05) is 6.08 Å². The van der Waals surface area contributed by atoms with Crippen LogP contribution < -0.4 is 14.2 Å². The van der Waals surface area contributed by atoms with Crippen LogP contribution >= 0.6 is 0 Å². The van der Waals surface area contributed by atoms with Crippen LogP contribution in [0.1, 0.15) is 49.5 Å². The molecule has 0 aliphatic rings. The van der Waals surface area contributed by atoms with Crippen LogP contribution in [0.2, 0.25) is 0 Å². The Morgan fingerprint density at radius 1 is 0.800 bits per heavy atom. The molecule has 0 saturated heterocycles. The van der Waals surface area contributed by atoms with Gasteiger partial charge in [-0.3, -0.25) is 0 Å². The zero-order valence-corrected chi connectivity index (χ0v) is 21.6. The lowest BCUT2D eigenvalue weighted by Gasteiger charge is -2.12. The van der Waals surface area contributed by atoms with E-state index in [1.165, 1.54) is 54.6 Å². The summed E-state index contributed by atoms with van der Waals surface area (Å²) >= 11 is 0. The van der Waals surface area contributed by atoms with Gasteiger partial charge in [-0.15, -0.1) is 0 Å². The molecule has 0 fully saturated rings. The van der Waals surface area contributed by atoms with E-state index in [2.05, 4.69) is 6.58 Å². The van der Waals surface area contributed by atoms with E-state index in [9.17, 15) is 19.2 Å². The minimum atomic E-state index is -0.804. The maximum absolute atomic E-state index is 12.7. The van der Waals surface area contributed by atoms with Crippen molar-refractivity contribution in [3.63, 3.8) is 0 Å². The largest absolute Gasteiger partial charge is 0.494 e. The maximum Gasteiger partial charge on any atom is 0.343 e. The van der Waals surface area contributed by atoms with Gasteiger partial charge in [0.05, 0.1) is 43.1 Å². The van der Waals surface area contributed by atoms with Crippen LogP contribution in [-0.2, 0) is 14.3 Å². The molecule has 10 nitrogen and oxygen atoms in total. The Labute approximate surface area is 230 Å². The zero-order valence-electron chi connectivity index (χ0n) is 21.6. The molecule has 3 aromatic rings. The van der Waals surface area contributed by atoms with E-state index in [0.29, 0.717) is 30.8 Å². The molecule has 0 aliphatic carbocycles. The molecule has 0 aliphatic heterocycles. The summed E-state index contributed by atoms with van der Waals surface area (Å²) in [6, 6.07) is 17.9. The van der Waals surface area contributed by atoms with Crippen LogP contribution in [0.15, 0.2) is 79.4 Å². The maximum atomic E-state index is 12.7. The monoisotopic (exact) mass is 543 g/mol. The quantitative estimate of drug-likeness (QED) is 0.137. The van der Waals surface area contributed by atoms with E-state index < -0.39 is 23.9 Å². The molecule has 0 heterocycles. The second kappa shape index (κ2) is 14.5. The number of ether oxygens (including phenoxy) is 5. The molecule has 0 N–H and O–H groups in total. The predicted molar refractivity (Wildman–Crippen MR) is 141 cm³/mol. The third-order valence-corrected chi connectivity index (χ3v) is 5.33. The van der Waals surface area contributed by atoms with Gasteiger partial charge in [0.2, 0.25) is 0 Å². The minimum absolute atomic E-state index is 0.0231. The standard InChI is InChI=1S/C30H25NO9/c1-3-27(32)38-17-5-4-16-37-23-12-10-22(11-13-23)29(34)40-26-15-14-24(18-25(26)30(35)36-2)39-28(33)21-8-6-20(19-31)7-9-21/h3,6-15,18H,1,4-5,16-17H2,2H3. The molecule has 0 spiro atoms. The Balaban J connectivity index is 1.61. The van der Waals surface area contributed by atoms with E-state index in [4.69, 9.17) is 28.9 Å². The first-order valence-electron chi connectivity index (χ1n) is 12.0. The number of nitrogens with zero attached hydrogens (tertiary/aromatic N) is 1. The fraction of sp³-hybridized carbons (Fsp3) is 0.167. The first-order valence-corrected chi connectivity index (χ1v) is 12.0. The first-order chi connectivity index (χ1) is 19.3. The van der Waals surface area contributed by atoms with Gasteiger partial charge in [0.1, 0.15) is 22.8 Å². The highest BCUT2D eigenvalue weighted by atomic mass is 16.6. The van der Waals surface area contributed by atoms with Crippen molar-refractivity contribution in [2.24, 2.45) is 0 Å². The first kappa shape index (κ1) is 29.1. The summed E-state index contributed by atoms with van der Waals surface area (Å²) in [5, 5.41) is 8.89. The van der Waals surface area contributed by atoms with Gasteiger partial charge in [-0.25, -0.2) is 19.2 Å². The predicted octanol–water partition coefficient (Wildman–Crippen LogP) is 4.67. The molecule has 0 unspecified atom stereocenters. The van der Waals surface area contributed by atoms with E-state index in [1.807, 2.05) is 6.07 Å². The number of hydrogen-bond donors (Lipinski definition) is 0.